The van der Waals surface area contributed by atoms with E-state index in [0.29, 0.717) is 0 Å². The highest BCUT2D eigenvalue weighted by atomic mass is 15.3. The molecule has 1 aliphatic rings. The van der Waals surface area contributed by atoms with Crippen molar-refractivity contribution < 1.29 is 0 Å². The Labute approximate surface area is 101 Å². The molecular weight excluding hydrogens is 212 g/mol. The van der Waals surface area contributed by atoms with Crippen LogP contribution in [0, 0.1) is 0 Å². The molecule has 1 aliphatic heterocycles. The number of aromatic nitrogens is 2. The predicted molar refractivity (Wildman–Crippen MR) is 68.4 cm³/mol. The molecule has 0 unspecified atom stereocenters. The van der Waals surface area contributed by atoms with Crippen molar-refractivity contribution in [2.45, 2.75) is 6.54 Å². The molecular formula is C13H16N4. The van der Waals surface area contributed by atoms with Gasteiger partial charge >= 0.3 is 0 Å². The number of hydrogen-bond donors (Lipinski definition) is 1. The fourth-order valence-electron chi connectivity index (χ4n) is 2.19. The lowest BCUT2D eigenvalue weighted by molar-refractivity contribution is 0.346. The van der Waals surface area contributed by atoms with E-state index in [1.807, 2.05) is 29.1 Å². The summed E-state index contributed by atoms with van der Waals surface area (Å²) in [5.41, 5.74) is 2.36. The predicted octanol–water partition coefficient (Wildman–Crippen LogP) is 1.73. The molecule has 4 nitrogen and oxygen atoms in total. The number of benzene rings is 1. The number of likely N-dealkylation sites (N-methyl/N-ethyl adjacent to an activating group) is 1. The average Bonchev–Trinajstić information content (AvgIpc) is 2.64. The maximum absolute atomic E-state index is 4.47. The molecule has 0 fully saturated rings. The molecule has 0 radical (unpaired) electrons. The third-order valence-corrected chi connectivity index (χ3v) is 3.07. The molecule has 1 aromatic heterocycles. The van der Waals surface area contributed by atoms with E-state index in [-0.39, 0.29) is 0 Å². The monoisotopic (exact) mass is 228 g/mol. The van der Waals surface area contributed by atoms with Gasteiger partial charge in [0.2, 0.25) is 0 Å². The third kappa shape index (κ3) is 1.91. The third-order valence-electron chi connectivity index (χ3n) is 3.07. The number of nitrogens with one attached hydrogen (secondary N) is 1. The number of fused-ring (bicyclic) bond motifs is 1. The summed E-state index contributed by atoms with van der Waals surface area (Å²) in [6.07, 6.45) is 1.96. The molecule has 0 aliphatic carbocycles. The summed E-state index contributed by atoms with van der Waals surface area (Å²) >= 11 is 0. The van der Waals surface area contributed by atoms with Crippen LogP contribution in [0.4, 0.5) is 5.82 Å². The SMILES string of the molecule is CN1CCNc2c(cnn2-c2ccccc2)C1. The van der Waals surface area contributed by atoms with Crippen LogP contribution in [-0.4, -0.2) is 34.8 Å². The van der Waals surface area contributed by atoms with E-state index in [9.17, 15) is 0 Å². The van der Waals surface area contributed by atoms with Gasteiger partial charge in [-0.15, -0.1) is 0 Å². The summed E-state index contributed by atoms with van der Waals surface area (Å²) in [6.45, 7) is 2.97. The van der Waals surface area contributed by atoms with Gasteiger partial charge in [0.1, 0.15) is 5.82 Å². The Bertz CT molecular complexity index is 503. The normalized spacial score (nSPS) is 16.1. The highest BCUT2D eigenvalue weighted by molar-refractivity contribution is 5.51. The molecule has 4 heteroatoms. The maximum Gasteiger partial charge on any atom is 0.134 e. The number of rotatable bonds is 1. The summed E-state index contributed by atoms with van der Waals surface area (Å²) in [5, 5.41) is 7.93. The van der Waals surface area contributed by atoms with Crippen molar-refractivity contribution in [1.82, 2.24) is 14.7 Å². The standard InChI is InChI=1S/C13H16N4/c1-16-8-7-14-13-11(10-16)9-15-17(13)12-5-3-2-4-6-12/h2-6,9,14H,7-8,10H2,1H3. The van der Waals surface area contributed by atoms with E-state index < -0.39 is 0 Å². The van der Waals surface area contributed by atoms with Gasteiger partial charge in [-0.2, -0.15) is 5.10 Å². The quantitative estimate of drug-likeness (QED) is 0.807. The zero-order chi connectivity index (χ0) is 11.7. The average molecular weight is 228 g/mol. The van der Waals surface area contributed by atoms with E-state index in [1.54, 1.807) is 0 Å². The van der Waals surface area contributed by atoms with Crippen molar-refractivity contribution >= 4 is 5.82 Å². The van der Waals surface area contributed by atoms with Crippen LogP contribution >= 0.6 is 0 Å². The van der Waals surface area contributed by atoms with Crippen LogP contribution in [0.25, 0.3) is 5.69 Å². The van der Waals surface area contributed by atoms with Crippen molar-refractivity contribution in [1.29, 1.82) is 0 Å². The first-order valence-electron chi connectivity index (χ1n) is 5.89. The Balaban J connectivity index is 2.03. The van der Waals surface area contributed by atoms with Gasteiger partial charge in [-0.1, -0.05) is 18.2 Å². The second kappa shape index (κ2) is 4.22. The molecule has 1 N–H and O–H groups in total. The summed E-state index contributed by atoms with van der Waals surface area (Å²) in [7, 11) is 2.14. The Morgan fingerprint density at radius 1 is 1.24 bits per heavy atom. The molecule has 0 atom stereocenters. The van der Waals surface area contributed by atoms with Gasteiger partial charge < -0.3 is 10.2 Å². The van der Waals surface area contributed by atoms with Crippen molar-refractivity contribution in [2.24, 2.45) is 0 Å². The number of para-hydroxylation sites is 1. The number of nitrogens with zero attached hydrogens (tertiary/aromatic N) is 3. The summed E-state index contributed by atoms with van der Waals surface area (Å²) < 4.78 is 1.98. The highest BCUT2D eigenvalue weighted by Crippen LogP contribution is 2.22. The Morgan fingerprint density at radius 2 is 2.06 bits per heavy atom. The molecule has 2 aromatic rings. The first kappa shape index (κ1) is 10.4. The van der Waals surface area contributed by atoms with Crippen LogP contribution in [0.1, 0.15) is 5.56 Å². The lowest BCUT2D eigenvalue weighted by Crippen LogP contribution is -2.21. The summed E-state index contributed by atoms with van der Waals surface area (Å²) in [5.74, 6) is 1.13. The van der Waals surface area contributed by atoms with Crippen LogP contribution in [0.15, 0.2) is 36.5 Å². The molecule has 88 valence electrons. The molecule has 3 rings (SSSR count). The second-order valence-corrected chi connectivity index (χ2v) is 4.43. The van der Waals surface area contributed by atoms with Gasteiger partial charge in [0, 0.05) is 25.2 Å². The van der Waals surface area contributed by atoms with Gasteiger partial charge in [-0.3, -0.25) is 0 Å². The lowest BCUT2D eigenvalue weighted by atomic mass is 10.3. The van der Waals surface area contributed by atoms with E-state index >= 15 is 0 Å². The zero-order valence-electron chi connectivity index (χ0n) is 9.93. The summed E-state index contributed by atoms with van der Waals surface area (Å²) in [4.78, 5) is 2.30. The van der Waals surface area contributed by atoms with Crippen LogP contribution < -0.4 is 5.32 Å². The molecule has 0 bridgehead atoms. The smallest absolute Gasteiger partial charge is 0.134 e. The molecule has 17 heavy (non-hydrogen) atoms. The molecule has 0 saturated heterocycles. The molecule has 0 amide bonds. The van der Waals surface area contributed by atoms with E-state index in [1.165, 1.54) is 5.56 Å². The van der Waals surface area contributed by atoms with Crippen LogP contribution in [-0.2, 0) is 6.54 Å². The van der Waals surface area contributed by atoms with Gasteiger partial charge in [-0.05, 0) is 19.2 Å². The minimum absolute atomic E-state index is 0.954. The summed E-state index contributed by atoms with van der Waals surface area (Å²) in [6, 6.07) is 10.2. The van der Waals surface area contributed by atoms with Crippen molar-refractivity contribution in [3.8, 4) is 5.69 Å². The minimum atomic E-state index is 0.954. The van der Waals surface area contributed by atoms with Gasteiger partial charge in [0.15, 0.2) is 0 Å². The Morgan fingerprint density at radius 3 is 2.88 bits per heavy atom. The molecule has 2 heterocycles. The minimum Gasteiger partial charge on any atom is -0.368 e. The molecule has 1 aromatic carbocycles. The van der Waals surface area contributed by atoms with E-state index in [4.69, 9.17) is 0 Å². The molecule has 0 saturated carbocycles. The van der Waals surface area contributed by atoms with Crippen molar-refractivity contribution in [2.75, 3.05) is 25.5 Å². The first-order valence-corrected chi connectivity index (χ1v) is 5.89. The van der Waals surface area contributed by atoms with Crippen molar-refractivity contribution in [3.63, 3.8) is 0 Å². The fourth-order valence-corrected chi connectivity index (χ4v) is 2.19. The van der Waals surface area contributed by atoms with Gasteiger partial charge in [0.25, 0.3) is 0 Å². The number of hydrogen-bond acceptors (Lipinski definition) is 3. The van der Waals surface area contributed by atoms with E-state index in [2.05, 4.69) is 34.5 Å². The van der Waals surface area contributed by atoms with Crippen LogP contribution in [0.5, 0.6) is 0 Å². The number of anilines is 1. The lowest BCUT2D eigenvalue weighted by Gasteiger charge is -2.10. The van der Waals surface area contributed by atoms with Crippen molar-refractivity contribution in [3.05, 3.63) is 42.1 Å². The second-order valence-electron chi connectivity index (χ2n) is 4.43. The first-order chi connectivity index (χ1) is 8.34. The zero-order valence-corrected chi connectivity index (χ0v) is 9.93. The van der Waals surface area contributed by atoms with E-state index in [0.717, 1.165) is 31.1 Å². The van der Waals surface area contributed by atoms with Crippen LogP contribution in [0.3, 0.4) is 0 Å². The van der Waals surface area contributed by atoms with Gasteiger partial charge in [0.05, 0.1) is 11.9 Å². The Hall–Kier alpha value is -1.81. The van der Waals surface area contributed by atoms with Crippen LogP contribution in [0.2, 0.25) is 0 Å². The highest BCUT2D eigenvalue weighted by Gasteiger charge is 2.16. The maximum atomic E-state index is 4.47. The fraction of sp³-hybridized carbons (Fsp3) is 0.308. The topological polar surface area (TPSA) is 33.1 Å². The largest absolute Gasteiger partial charge is 0.368 e. The Kier molecular flexibility index (Phi) is 2.57. The molecule has 0 spiro atoms. The van der Waals surface area contributed by atoms with Gasteiger partial charge in [-0.25, -0.2) is 4.68 Å².